The molecule has 0 aliphatic carbocycles. The maximum atomic E-state index is 3.77. The standard InChI is InChI=1S/C5H5N5/c1-2-6-8-5-9-7-4-10(5)3-1/h1-3H,4H2. The van der Waals surface area contributed by atoms with E-state index >= 15 is 0 Å². The molecule has 0 fully saturated rings. The van der Waals surface area contributed by atoms with E-state index in [1.165, 1.54) is 0 Å². The molecule has 0 aromatic rings. The predicted molar refractivity (Wildman–Crippen MR) is 36.6 cm³/mol. The zero-order valence-corrected chi connectivity index (χ0v) is 5.18. The SMILES string of the molecule is C1=CN2CN=NC2=NN=C1. The third-order valence-corrected chi connectivity index (χ3v) is 1.20. The highest BCUT2D eigenvalue weighted by molar-refractivity contribution is 5.85. The number of rotatable bonds is 0. The summed E-state index contributed by atoms with van der Waals surface area (Å²) < 4.78 is 0. The molecule has 2 aliphatic heterocycles. The van der Waals surface area contributed by atoms with E-state index in [4.69, 9.17) is 0 Å². The van der Waals surface area contributed by atoms with Crippen LogP contribution in [0.3, 0.4) is 0 Å². The summed E-state index contributed by atoms with van der Waals surface area (Å²) in [7, 11) is 0. The largest absolute Gasteiger partial charge is 0.293 e. The molecule has 0 aromatic carbocycles. The molecule has 0 spiro atoms. The number of hydrogen-bond acceptors (Lipinski definition) is 5. The summed E-state index contributed by atoms with van der Waals surface area (Å²) in [4.78, 5) is 1.81. The lowest BCUT2D eigenvalue weighted by Gasteiger charge is -2.04. The van der Waals surface area contributed by atoms with E-state index < -0.39 is 0 Å². The van der Waals surface area contributed by atoms with Gasteiger partial charge in [0.1, 0.15) is 6.67 Å². The lowest BCUT2D eigenvalue weighted by Crippen LogP contribution is -2.17. The zero-order chi connectivity index (χ0) is 6.81. The fourth-order valence-electron chi connectivity index (χ4n) is 0.741. The summed E-state index contributed by atoms with van der Waals surface area (Å²) in [5.41, 5.74) is 0. The average Bonchev–Trinajstić information content (AvgIpc) is 2.28. The topological polar surface area (TPSA) is 52.7 Å². The number of nitrogens with zero attached hydrogens (tertiary/aromatic N) is 5. The Balaban J connectivity index is 2.36. The molecule has 50 valence electrons. The van der Waals surface area contributed by atoms with Gasteiger partial charge in [0.15, 0.2) is 0 Å². The van der Waals surface area contributed by atoms with Crippen molar-refractivity contribution in [2.45, 2.75) is 0 Å². The quantitative estimate of drug-likeness (QED) is 0.479. The van der Waals surface area contributed by atoms with E-state index in [2.05, 4.69) is 20.4 Å². The second kappa shape index (κ2) is 2.02. The van der Waals surface area contributed by atoms with Crippen molar-refractivity contribution >= 4 is 12.2 Å². The van der Waals surface area contributed by atoms with Gasteiger partial charge in [-0.25, -0.2) is 0 Å². The second-order valence-electron chi connectivity index (χ2n) is 1.86. The zero-order valence-electron chi connectivity index (χ0n) is 5.18. The maximum absolute atomic E-state index is 3.77. The highest BCUT2D eigenvalue weighted by Gasteiger charge is 2.13. The van der Waals surface area contributed by atoms with Crippen molar-refractivity contribution < 1.29 is 0 Å². The predicted octanol–water partition coefficient (Wildman–Crippen LogP) is 0.581. The van der Waals surface area contributed by atoms with Crippen LogP contribution in [0.4, 0.5) is 0 Å². The first-order valence-electron chi connectivity index (χ1n) is 2.89. The summed E-state index contributed by atoms with van der Waals surface area (Å²) in [6, 6.07) is 0. The second-order valence-corrected chi connectivity index (χ2v) is 1.86. The molecule has 10 heavy (non-hydrogen) atoms. The maximum Gasteiger partial charge on any atom is 0.269 e. The van der Waals surface area contributed by atoms with E-state index in [1.807, 2.05) is 11.1 Å². The van der Waals surface area contributed by atoms with E-state index in [1.54, 1.807) is 12.3 Å². The number of azo groups is 1. The van der Waals surface area contributed by atoms with Gasteiger partial charge in [0.25, 0.3) is 5.96 Å². The molecule has 0 atom stereocenters. The lowest BCUT2D eigenvalue weighted by atomic mass is 10.6. The molecular weight excluding hydrogens is 130 g/mol. The van der Waals surface area contributed by atoms with Crippen LogP contribution in [-0.2, 0) is 0 Å². The molecule has 2 rings (SSSR count). The van der Waals surface area contributed by atoms with Crippen LogP contribution in [0.5, 0.6) is 0 Å². The molecule has 0 amide bonds. The van der Waals surface area contributed by atoms with Gasteiger partial charge in [-0.3, -0.25) is 4.90 Å². The van der Waals surface area contributed by atoms with E-state index in [0.717, 1.165) is 0 Å². The third kappa shape index (κ3) is 0.717. The Kier molecular flexibility index (Phi) is 1.06. The van der Waals surface area contributed by atoms with Crippen LogP contribution in [0, 0.1) is 0 Å². The van der Waals surface area contributed by atoms with Crippen LogP contribution < -0.4 is 0 Å². The Morgan fingerprint density at radius 2 is 2.50 bits per heavy atom. The van der Waals surface area contributed by atoms with Gasteiger partial charge in [-0.05, 0) is 6.08 Å². The van der Waals surface area contributed by atoms with Crippen molar-refractivity contribution in [3.63, 3.8) is 0 Å². The summed E-state index contributed by atoms with van der Waals surface area (Å²) >= 11 is 0. The number of fused-ring (bicyclic) bond motifs is 1. The third-order valence-electron chi connectivity index (χ3n) is 1.20. The Labute approximate surface area is 57.5 Å². The molecule has 0 unspecified atom stereocenters. The summed E-state index contributed by atoms with van der Waals surface area (Å²) in [5, 5.41) is 15.0. The molecule has 0 N–H and O–H groups in total. The molecule has 0 bridgehead atoms. The minimum atomic E-state index is 0.554. The molecule has 0 radical (unpaired) electrons. The van der Waals surface area contributed by atoms with E-state index in [-0.39, 0.29) is 0 Å². The molecule has 5 nitrogen and oxygen atoms in total. The fourth-order valence-corrected chi connectivity index (χ4v) is 0.741. The van der Waals surface area contributed by atoms with Crippen molar-refractivity contribution in [3.8, 4) is 0 Å². The highest BCUT2D eigenvalue weighted by Crippen LogP contribution is 2.06. The Morgan fingerprint density at radius 3 is 3.50 bits per heavy atom. The van der Waals surface area contributed by atoms with Crippen LogP contribution in [0.1, 0.15) is 0 Å². The Bertz CT molecular complexity index is 249. The summed E-state index contributed by atoms with van der Waals surface area (Å²) in [6.45, 7) is 0.554. The molecule has 0 aromatic heterocycles. The minimum absolute atomic E-state index is 0.554. The van der Waals surface area contributed by atoms with Gasteiger partial charge < -0.3 is 0 Å². The van der Waals surface area contributed by atoms with Crippen LogP contribution in [0.25, 0.3) is 0 Å². The Morgan fingerprint density at radius 1 is 1.50 bits per heavy atom. The Hall–Kier alpha value is -1.52. The number of hydrogen-bond donors (Lipinski definition) is 0. The molecule has 5 heteroatoms. The van der Waals surface area contributed by atoms with Gasteiger partial charge in [-0.2, -0.15) is 10.2 Å². The summed E-state index contributed by atoms with van der Waals surface area (Å²) in [6.07, 6.45) is 5.25. The average molecular weight is 135 g/mol. The fraction of sp³-hybridized carbons (Fsp3) is 0.200. The van der Waals surface area contributed by atoms with Gasteiger partial charge in [0.2, 0.25) is 0 Å². The van der Waals surface area contributed by atoms with Crippen molar-refractivity contribution in [1.29, 1.82) is 0 Å². The number of guanidine groups is 1. The molecule has 2 heterocycles. The van der Waals surface area contributed by atoms with Crippen LogP contribution in [0.2, 0.25) is 0 Å². The first-order valence-corrected chi connectivity index (χ1v) is 2.89. The molecule has 0 saturated carbocycles. The minimum Gasteiger partial charge on any atom is -0.293 e. The highest BCUT2D eigenvalue weighted by atomic mass is 15.5. The van der Waals surface area contributed by atoms with Gasteiger partial charge in [0.05, 0.1) is 6.21 Å². The van der Waals surface area contributed by atoms with Gasteiger partial charge in [-0.1, -0.05) is 0 Å². The van der Waals surface area contributed by atoms with E-state index in [0.29, 0.717) is 12.6 Å². The first-order chi connectivity index (χ1) is 4.97. The van der Waals surface area contributed by atoms with E-state index in [9.17, 15) is 0 Å². The number of allylic oxidation sites excluding steroid dienone is 1. The van der Waals surface area contributed by atoms with Crippen LogP contribution in [0.15, 0.2) is 32.7 Å². The van der Waals surface area contributed by atoms with Crippen molar-refractivity contribution in [2.24, 2.45) is 20.4 Å². The lowest BCUT2D eigenvalue weighted by molar-refractivity contribution is 0.602. The smallest absolute Gasteiger partial charge is 0.269 e. The van der Waals surface area contributed by atoms with Crippen molar-refractivity contribution in [1.82, 2.24) is 4.90 Å². The van der Waals surface area contributed by atoms with Crippen LogP contribution in [-0.4, -0.2) is 23.7 Å². The molecular formula is C5H5N5. The first kappa shape index (κ1) is 5.28. The molecule has 2 aliphatic rings. The normalized spacial score (nSPS) is 20.8. The van der Waals surface area contributed by atoms with Gasteiger partial charge >= 0.3 is 0 Å². The monoisotopic (exact) mass is 135 g/mol. The summed E-state index contributed by atoms with van der Waals surface area (Å²) in [5.74, 6) is 0.560. The van der Waals surface area contributed by atoms with Gasteiger partial charge in [0, 0.05) is 6.20 Å². The van der Waals surface area contributed by atoms with Crippen molar-refractivity contribution in [3.05, 3.63) is 12.3 Å². The molecule has 0 saturated heterocycles. The van der Waals surface area contributed by atoms with Gasteiger partial charge in [-0.15, -0.1) is 10.2 Å². The van der Waals surface area contributed by atoms with Crippen LogP contribution >= 0.6 is 0 Å². The van der Waals surface area contributed by atoms with Crippen molar-refractivity contribution in [2.75, 3.05) is 6.67 Å².